The van der Waals surface area contributed by atoms with Crippen molar-refractivity contribution < 1.29 is 9.84 Å². The lowest BCUT2D eigenvalue weighted by Crippen LogP contribution is -1.91. The van der Waals surface area contributed by atoms with Crippen molar-refractivity contribution >= 4 is 22.7 Å². The summed E-state index contributed by atoms with van der Waals surface area (Å²) in [6.07, 6.45) is 1.66. The van der Waals surface area contributed by atoms with E-state index in [1.54, 1.807) is 35.8 Å². The van der Waals surface area contributed by atoms with Crippen molar-refractivity contribution in [3.63, 3.8) is 0 Å². The summed E-state index contributed by atoms with van der Waals surface area (Å²) in [5.41, 5.74) is 6.92. The number of anilines is 1. The molecule has 0 radical (unpaired) electrons. The minimum absolute atomic E-state index is 0.0949. The van der Waals surface area contributed by atoms with Gasteiger partial charge >= 0.3 is 0 Å². The van der Waals surface area contributed by atoms with Crippen molar-refractivity contribution in [2.75, 3.05) is 12.5 Å². The first kappa shape index (κ1) is 18.7. The number of hydrogen-bond donors (Lipinski definition) is 2. The van der Waals surface area contributed by atoms with Crippen LogP contribution in [0.25, 0.3) is 21.7 Å². The Hall–Kier alpha value is -3.64. The molecule has 6 heteroatoms. The van der Waals surface area contributed by atoms with Gasteiger partial charge in [-0.1, -0.05) is 72.0 Å². The maximum absolute atomic E-state index is 9.69. The second kappa shape index (κ2) is 8.58. The molecule has 2 N–H and O–H groups in total. The zero-order chi connectivity index (χ0) is 20.1. The van der Waals surface area contributed by atoms with Crippen molar-refractivity contribution in [3.8, 4) is 33.2 Å². The van der Waals surface area contributed by atoms with Crippen molar-refractivity contribution in [2.45, 2.75) is 0 Å². The van der Waals surface area contributed by atoms with Gasteiger partial charge in [0.2, 0.25) is 5.13 Å². The average molecular weight is 401 g/mol. The zero-order valence-corrected chi connectivity index (χ0v) is 16.6. The number of nitrogens with zero attached hydrogens (tertiary/aromatic N) is 2. The molecule has 0 aliphatic carbocycles. The van der Waals surface area contributed by atoms with Crippen LogP contribution in [0.4, 0.5) is 5.13 Å². The molecule has 4 rings (SSSR count). The van der Waals surface area contributed by atoms with Gasteiger partial charge < -0.3 is 9.84 Å². The number of thiazole rings is 1. The molecule has 1 aromatic heterocycles. The van der Waals surface area contributed by atoms with E-state index in [1.807, 2.05) is 36.4 Å². The Kier molecular flexibility index (Phi) is 5.54. The highest BCUT2D eigenvalue weighted by Gasteiger charge is 2.14. The van der Waals surface area contributed by atoms with Crippen LogP contribution in [0.1, 0.15) is 5.56 Å². The molecule has 0 saturated heterocycles. The zero-order valence-electron chi connectivity index (χ0n) is 15.7. The summed E-state index contributed by atoms with van der Waals surface area (Å²) in [7, 11) is 1.51. The number of phenols is 1. The van der Waals surface area contributed by atoms with Crippen molar-refractivity contribution in [1.82, 2.24) is 4.98 Å². The number of ether oxygens (including phenoxy) is 1. The first-order valence-electron chi connectivity index (χ1n) is 9.02. The Morgan fingerprint density at radius 2 is 1.66 bits per heavy atom. The number of hydrogen-bond acceptors (Lipinski definition) is 6. The van der Waals surface area contributed by atoms with Gasteiger partial charge in [-0.05, 0) is 29.3 Å². The smallest absolute Gasteiger partial charge is 0.204 e. The third-order valence-corrected chi connectivity index (χ3v) is 5.30. The number of methoxy groups -OCH3 is 1. The summed E-state index contributed by atoms with van der Waals surface area (Å²) < 4.78 is 5.12. The van der Waals surface area contributed by atoms with E-state index in [9.17, 15) is 5.11 Å². The Bertz CT molecular complexity index is 1070. The molecule has 0 saturated carbocycles. The normalized spacial score (nSPS) is 10.9. The maximum Gasteiger partial charge on any atom is 0.204 e. The molecular formula is C23H19N3O2S. The Labute approximate surface area is 173 Å². The lowest BCUT2D eigenvalue weighted by Gasteiger charge is -2.03. The van der Waals surface area contributed by atoms with Crippen LogP contribution >= 0.6 is 11.3 Å². The minimum Gasteiger partial charge on any atom is -0.504 e. The molecule has 0 bridgehead atoms. The van der Waals surface area contributed by atoms with Gasteiger partial charge in [0.25, 0.3) is 0 Å². The SMILES string of the molecule is COc1cc(/C=N/Nc2nc(-c3ccccc3)c(-c3ccccc3)s2)ccc1O. The summed E-state index contributed by atoms with van der Waals surface area (Å²) >= 11 is 1.55. The Balaban J connectivity index is 1.62. The number of benzene rings is 3. The highest BCUT2D eigenvalue weighted by atomic mass is 32.1. The molecule has 0 spiro atoms. The van der Waals surface area contributed by atoms with Gasteiger partial charge in [0, 0.05) is 5.56 Å². The summed E-state index contributed by atoms with van der Waals surface area (Å²) in [5, 5.41) is 14.7. The van der Waals surface area contributed by atoms with Gasteiger partial charge in [-0.15, -0.1) is 0 Å². The van der Waals surface area contributed by atoms with E-state index >= 15 is 0 Å². The lowest BCUT2D eigenvalue weighted by atomic mass is 10.1. The molecule has 0 aliphatic rings. The second-order valence-electron chi connectivity index (χ2n) is 6.23. The number of rotatable bonds is 6. The predicted octanol–water partition coefficient (Wildman–Crippen LogP) is 5.64. The Morgan fingerprint density at radius 3 is 2.34 bits per heavy atom. The van der Waals surface area contributed by atoms with Crippen LogP contribution in [0, 0.1) is 0 Å². The predicted molar refractivity (Wildman–Crippen MR) is 119 cm³/mol. The van der Waals surface area contributed by atoms with Crippen LogP contribution < -0.4 is 10.2 Å². The van der Waals surface area contributed by atoms with E-state index < -0.39 is 0 Å². The van der Waals surface area contributed by atoms with Crippen LogP contribution in [-0.4, -0.2) is 23.4 Å². The van der Waals surface area contributed by atoms with Crippen LogP contribution in [-0.2, 0) is 0 Å². The highest BCUT2D eigenvalue weighted by molar-refractivity contribution is 7.19. The van der Waals surface area contributed by atoms with Gasteiger partial charge in [-0.2, -0.15) is 5.10 Å². The number of nitrogens with one attached hydrogen (secondary N) is 1. The van der Waals surface area contributed by atoms with Crippen LogP contribution in [0.2, 0.25) is 0 Å². The fourth-order valence-electron chi connectivity index (χ4n) is 2.88. The molecule has 0 amide bonds. The first-order valence-corrected chi connectivity index (χ1v) is 9.84. The molecule has 0 unspecified atom stereocenters. The fourth-order valence-corrected chi connectivity index (χ4v) is 3.82. The quantitative estimate of drug-likeness (QED) is 0.324. The van der Waals surface area contributed by atoms with Gasteiger partial charge in [-0.3, -0.25) is 5.43 Å². The van der Waals surface area contributed by atoms with Crippen LogP contribution in [0.15, 0.2) is 84.0 Å². The second-order valence-corrected chi connectivity index (χ2v) is 7.23. The van der Waals surface area contributed by atoms with Crippen molar-refractivity contribution in [2.24, 2.45) is 5.10 Å². The summed E-state index contributed by atoms with van der Waals surface area (Å²) in [6.45, 7) is 0. The molecule has 3 aromatic carbocycles. The van der Waals surface area contributed by atoms with Crippen LogP contribution in [0.5, 0.6) is 11.5 Å². The summed E-state index contributed by atoms with van der Waals surface area (Å²) in [4.78, 5) is 5.85. The van der Waals surface area contributed by atoms with Gasteiger partial charge in [0.1, 0.15) is 0 Å². The number of hydrazone groups is 1. The third kappa shape index (κ3) is 4.28. The minimum atomic E-state index is 0.0949. The number of aromatic hydroxyl groups is 1. The van der Waals surface area contributed by atoms with Gasteiger partial charge in [0.15, 0.2) is 11.5 Å². The molecule has 144 valence electrons. The lowest BCUT2D eigenvalue weighted by molar-refractivity contribution is 0.373. The molecule has 4 aromatic rings. The number of phenolic OH excluding ortho intramolecular Hbond substituents is 1. The highest BCUT2D eigenvalue weighted by Crippen LogP contribution is 2.38. The van der Waals surface area contributed by atoms with Gasteiger partial charge in [-0.25, -0.2) is 4.98 Å². The summed E-state index contributed by atoms with van der Waals surface area (Å²) in [5.74, 6) is 0.499. The molecule has 1 heterocycles. The monoisotopic (exact) mass is 401 g/mol. The van der Waals surface area contributed by atoms with Crippen molar-refractivity contribution in [1.29, 1.82) is 0 Å². The van der Waals surface area contributed by atoms with E-state index in [1.165, 1.54) is 7.11 Å². The standard InChI is InChI=1S/C23H19N3O2S/c1-28-20-14-16(12-13-19(20)27)15-24-26-23-25-21(17-8-4-2-5-9-17)22(29-23)18-10-6-3-7-11-18/h2-15,27H,1H3,(H,25,26)/b24-15+. The third-order valence-electron chi connectivity index (χ3n) is 4.29. The van der Waals surface area contributed by atoms with E-state index in [0.29, 0.717) is 10.9 Å². The number of aromatic nitrogens is 1. The van der Waals surface area contributed by atoms with Crippen LogP contribution in [0.3, 0.4) is 0 Å². The Morgan fingerprint density at radius 1 is 0.966 bits per heavy atom. The molecule has 29 heavy (non-hydrogen) atoms. The van der Waals surface area contributed by atoms with Crippen molar-refractivity contribution in [3.05, 3.63) is 84.4 Å². The topological polar surface area (TPSA) is 66.7 Å². The largest absolute Gasteiger partial charge is 0.504 e. The molecule has 5 nitrogen and oxygen atoms in total. The first-order chi connectivity index (χ1) is 14.2. The van der Waals surface area contributed by atoms with E-state index in [4.69, 9.17) is 9.72 Å². The van der Waals surface area contributed by atoms with E-state index in [2.05, 4.69) is 34.8 Å². The molecule has 0 aliphatic heterocycles. The molecule has 0 atom stereocenters. The van der Waals surface area contributed by atoms with E-state index in [-0.39, 0.29) is 5.75 Å². The average Bonchev–Trinajstić information content (AvgIpc) is 3.20. The maximum atomic E-state index is 9.69. The fraction of sp³-hybridized carbons (Fsp3) is 0.0435. The molecule has 0 fully saturated rings. The van der Waals surface area contributed by atoms with Gasteiger partial charge in [0.05, 0.1) is 23.9 Å². The molecular weight excluding hydrogens is 382 g/mol. The van der Waals surface area contributed by atoms with E-state index in [0.717, 1.165) is 27.3 Å². The summed E-state index contributed by atoms with van der Waals surface area (Å²) in [6, 6.07) is 25.4.